The Hall–Kier alpha value is -4.62. The van der Waals surface area contributed by atoms with Gasteiger partial charge >= 0.3 is 0 Å². The molecule has 1 spiro atoms. The minimum atomic E-state index is 0.0587. The maximum atomic E-state index is 2.67. The first-order valence-electron chi connectivity index (χ1n) is 20.0. The van der Waals surface area contributed by atoms with Crippen molar-refractivity contribution in [3.05, 3.63) is 150 Å². The fraction of sp³-hybridized carbons (Fsp3) is 0.333. The molecule has 0 aliphatic heterocycles. The smallest absolute Gasteiger partial charge is 0.0543 e. The summed E-state index contributed by atoms with van der Waals surface area (Å²) in [7, 11) is 0. The molecule has 4 fully saturated rings. The van der Waals surface area contributed by atoms with Crippen molar-refractivity contribution in [1.29, 1.82) is 0 Å². The van der Waals surface area contributed by atoms with Crippen molar-refractivity contribution in [2.45, 2.75) is 82.5 Å². The third-order valence-electron chi connectivity index (χ3n) is 14.9. The van der Waals surface area contributed by atoms with Gasteiger partial charge in [-0.3, -0.25) is 0 Å². The second kappa shape index (κ2) is 10.7. The molecule has 6 aromatic carbocycles. The molecular weight excluding hydrogens is 627 g/mol. The van der Waals surface area contributed by atoms with Crippen LogP contribution in [0.3, 0.4) is 0 Å². The van der Waals surface area contributed by atoms with Gasteiger partial charge in [0.05, 0.1) is 11.4 Å². The van der Waals surface area contributed by atoms with Crippen LogP contribution in [0.15, 0.2) is 127 Å². The van der Waals surface area contributed by atoms with Gasteiger partial charge in [0.2, 0.25) is 0 Å². The molecule has 12 rings (SSSR count). The largest absolute Gasteiger partial charge is 0.310 e. The van der Waals surface area contributed by atoms with Crippen molar-refractivity contribution in [2.75, 3.05) is 4.90 Å². The lowest BCUT2D eigenvalue weighted by atomic mass is 9.59. The summed E-state index contributed by atoms with van der Waals surface area (Å²) >= 11 is 0. The fourth-order valence-electron chi connectivity index (χ4n) is 12.8. The highest BCUT2D eigenvalue weighted by Crippen LogP contribution is 2.73. The van der Waals surface area contributed by atoms with E-state index in [-0.39, 0.29) is 16.2 Å². The predicted molar refractivity (Wildman–Crippen MR) is 218 cm³/mol. The molecule has 5 unspecified atom stereocenters. The minimum Gasteiger partial charge on any atom is -0.310 e. The Morgan fingerprint density at radius 2 is 1.21 bits per heavy atom. The van der Waals surface area contributed by atoms with Gasteiger partial charge in [-0.25, -0.2) is 0 Å². The Bertz CT molecular complexity index is 2400. The molecule has 1 nitrogen and oxygen atoms in total. The van der Waals surface area contributed by atoms with Crippen molar-refractivity contribution in [3.8, 4) is 22.3 Å². The molecule has 0 aromatic heterocycles. The van der Waals surface area contributed by atoms with Crippen LogP contribution in [0.2, 0.25) is 0 Å². The van der Waals surface area contributed by atoms with Crippen molar-refractivity contribution in [1.82, 2.24) is 0 Å². The van der Waals surface area contributed by atoms with E-state index in [1.54, 1.807) is 11.1 Å². The van der Waals surface area contributed by atoms with Crippen LogP contribution < -0.4 is 4.90 Å². The highest BCUT2D eigenvalue weighted by molar-refractivity contribution is 5.99. The lowest BCUT2D eigenvalue weighted by molar-refractivity contribution is 0.191. The molecular formula is C51H49N. The van der Waals surface area contributed by atoms with Crippen LogP contribution in [-0.2, 0) is 16.2 Å². The number of nitrogens with zero attached hydrogens (tertiary/aromatic N) is 1. The molecule has 4 saturated carbocycles. The fourth-order valence-corrected chi connectivity index (χ4v) is 12.8. The lowest BCUT2D eigenvalue weighted by Crippen LogP contribution is -2.40. The van der Waals surface area contributed by atoms with E-state index in [0.29, 0.717) is 0 Å². The number of rotatable bonds is 4. The summed E-state index contributed by atoms with van der Waals surface area (Å²) < 4.78 is 0. The minimum absolute atomic E-state index is 0.0587. The zero-order valence-corrected chi connectivity index (χ0v) is 31.1. The van der Waals surface area contributed by atoms with E-state index in [1.807, 2.05) is 0 Å². The average Bonchev–Trinajstić information content (AvgIpc) is 3.71. The van der Waals surface area contributed by atoms with Crippen LogP contribution in [0.5, 0.6) is 0 Å². The van der Waals surface area contributed by atoms with Crippen LogP contribution in [-0.4, -0.2) is 0 Å². The lowest BCUT2D eigenvalue weighted by Gasteiger charge is -2.45. The molecule has 52 heavy (non-hydrogen) atoms. The third kappa shape index (κ3) is 4.06. The first kappa shape index (κ1) is 31.0. The van der Waals surface area contributed by atoms with E-state index in [0.717, 1.165) is 23.7 Å². The molecule has 258 valence electrons. The topological polar surface area (TPSA) is 3.24 Å². The van der Waals surface area contributed by atoms with E-state index >= 15 is 0 Å². The number of hydrogen-bond donors (Lipinski definition) is 0. The molecule has 0 N–H and O–H groups in total. The van der Waals surface area contributed by atoms with Crippen LogP contribution in [0, 0.1) is 23.7 Å². The zero-order valence-electron chi connectivity index (χ0n) is 31.1. The second-order valence-electron chi connectivity index (χ2n) is 18.4. The van der Waals surface area contributed by atoms with Crippen LogP contribution in [0.25, 0.3) is 33.0 Å². The van der Waals surface area contributed by atoms with Crippen LogP contribution >= 0.6 is 0 Å². The summed E-state index contributed by atoms with van der Waals surface area (Å²) in [4.78, 5) is 2.67. The summed E-state index contributed by atoms with van der Waals surface area (Å²) in [5.74, 6) is 3.35. The molecule has 4 bridgehead atoms. The number of benzene rings is 6. The highest BCUT2D eigenvalue weighted by atomic mass is 15.1. The normalized spacial score (nSPS) is 26.8. The molecule has 6 aromatic rings. The summed E-state index contributed by atoms with van der Waals surface area (Å²) in [5, 5.41) is 2.59. The van der Waals surface area contributed by atoms with E-state index in [2.05, 4.69) is 160 Å². The first-order valence-corrected chi connectivity index (χ1v) is 20.0. The van der Waals surface area contributed by atoms with Crippen molar-refractivity contribution < 1.29 is 0 Å². The van der Waals surface area contributed by atoms with Gasteiger partial charge in [0.15, 0.2) is 0 Å². The Labute approximate surface area is 309 Å². The van der Waals surface area contributed by atoms with Crippen molar-refractivity contribution in [2.24, 2.45) is 23.7 Å². The standard InChI is InChI=1S/C51H49N/c1-49(2)26-27-50(3,4)48-43(49)19-11-21-46(48)52(37-24-22-34(23-25-37)39-16-9-13-33-12-5-6-14-38(33)39)45-20-10-18-42-47(45)40-15-7-8-17-41(40)51(42)36-29-32-28-35(31-36)44(51)30-32/h5-25,32,35-36,44H,26-31H2,1-4H3. The first-order chi connectivity index (χ1) is 25.3. The molecule has 5 atom stereocenters. The summed E-state index contributed by atoms with van der Waals surface area (Å²) in [5.41, 5.74) is 16.0. The maximum absolute atomic E-state index is 2.67. The molecule has 0 amide bonds. The number of fused-ring (bicyclic) bond motifs is 5. The maximum Gasteiger partial charge on any atom is 0.0543 e. The highest BCUT2D eigenvalue weighted by Gasteiger charge is 2.66. The zero-order chi connectivity index (χ0) is 35.0. The molecule has 1 heteroatoms. The Morgan fingerprint density at radius 1 is 0.538 bits per heavy atom. The molecule has 0 saturated heterocycles. The van der Waals surface area contributed by atoms with Gasteiger partial charge in [-0.05, 0) is 147 Å². The summed E-state index contributed by atoms with van der Waals surface area (Å²) in [6.45, 7) is 9.88. The predicted octanol–water partition coefficient (Wildman–Crippen LogP) is 13.7. The van der Waals surface area contributed by atoms with Gasteiger partial charge in [0, 0.05) is 16.7 Å². The van der Waals surface area contributed by atoms with E-state index < -0.39 is 0 Å². The van der Waals surface area contributed by atoms with E-state index in [9.17, 15) is 0 Å². The van der Waals surface area contributed by atoms with Gasteiger partial charge in [0.25, 0.3) is 0 Å². The van der Waals surface area contributed by atoms with Gasteiger partial charge in [-0.1, -0.05) is 131 Å². The summed E-state index contributed by atoms with van der Waals surface area (Å²) in [6.07, 6.45) is 8.07. The number of anilines is 3. The van der Waals surface area contributed by atoms with Gasteiger partial charge < -0.3 is 4.90 Å². The molecule has 0 heterocycles. The third-order valence-corrected chi connectivity index (χ3v) is 14.9. The molecule has 0 radical (unpaired) electrons. The van der Waals surface area contributed by atoms with Gasteiger partial charge in [-0.15, -0.1) is 0 Å². The summed E-state index contributed by atoms with van der Waals surface area (Å²) in [6, 6.07) is 49.2. The van der Waals surface area contributed by atoms with Crippen LogP contribution in [0.1, 0.15) is 88.5 Å². The Morgan fingerprint density at radius 3 is 2.06 bits per heavy atom. The molecule has 6 aliphatic rings. The van der Waals surface area contributed by atoms with Crippen molar-refractivity contribution in [3.63, 3.8) is 0 Å². The monoisotopic (exact) mass is 675 g/mol. The quantitative estimate of drug-likeness (QED) is 0.180. The average molecular weight is 676 g/mol. The Balaban J connectivity index is 1.16. The van der Waals surface area contributed by atoms with E-state index in [1.165, 1.54) is 99.7 Å². The van der Waals surface area contributed by atoms with Gasteiger partial charge in [0.1, 0.15) is 0 Å². The van der Waals surface area contributed by atoms with Crippen LogP contribution in [0.4, 0.5) is 17.1 Å². The molecule has 6 aliphatic carbocycles. The number of hydrogen-bond acceptors (Lipinski definition) is 1. The second-order valence-corrected chi connectivity index (χ2v) is 18.4. The SMILES string of the molecule is CC1(C)CCC(C)(C)c2c(N(c3ccc(-c4cccc5ccccc45)cc3)c3cccc4c3-c3ccccc3C43C4CC5CC(C4)C3C5)cccc21. The van der Waals surface area contributed by atoms with E-state index in [4.69, 9.17) is 0 Å². The Kier molecular flexibility index (Phi) is 6.38. The van der Waals surface area contributed by atoms with Crippen molar-refractivity contribution >= 4 is 27.8 Å². The van der Waals surface area contributed by atoms with Gasteiger partial charge in [-0.2, -0.15) is 0 Å².